The van der Waals surface area contributed by atoms with E-state index in [9.17, 15) is 0 Å². The van der Waals surface area contributed by atoms with E-state index in [2.05, 4.69) is 20.4 Å². The van der Waals surface area contributed by atoms with Crippen molar-refractivity contribution in [3.8, 4) is 0 Å². The van der Waals surface area contributed by atoms with Gasteiger partial charge in [-0.05, 0) is 46.2 Å². The molecule has 0 aromatic rings. The maximum absolute atomic E-state index is 6.02. The normalized spacial score (nSPS) is 35.0. The first-order chi connectivity index (χ1) is 5.47. The van der Waals surface area contributed by atoms with Crippen LogP contribution >= 0.6 is 0 Å². The molecular weight excluding hydrogens is 168 g/mol. The molecule has 1 aliphatic heterocycles. The third-order valence-corrected chi connectivity index (χ3v) is 5.50. The van der Waals surface area contributed by atoms with Gasteiger partial charge in [0.1, 0.15) is 0 Å². The van der Waals surface area contributed by atoms with E-state index in [0.29, 0.717) is 0 Å². The monoisotopic (exact) mass is 188 g/mol. The van der Waals surface area contributed by atoms with Gasteiger partial charge in [-0.25, -0.2) is 0 Å². The zero-order valence-electron chi connectivity index (χ0n) is 8.64. The van der Waals surface area contributed by atoms with Crippen molar-refractivity contribution in [1.82, 2.24) is 0 Å². The van der Waals surface area contributed by atoms with E-state index in [1.807, 2.05) is 6.92 Å². The number of rotatable bonds is 2. The average molecular weight is 188 g/mol. The fourth-order valence-electron chi connectivity index (χ4n) is 1.93. The molecule has 0 spiro atoms. The second-order valence-electron chi connectivity index (χ2n) is 4.28. The summed E-state index contributed by atoms with van der Waals surface area (Å²) in [6, 6.07) is 1.16. The molecule has 1 heterocycles. The van der Waals surface area contributed by atoms with E-state index in [1.54, 1.807) is 0 Å². The van der Waals surface area contributed by atoms with Crippen LogP contribution < -0.4 is 0 Å². The van der Waals surface area contributed by atoms with Gasteiger partial charge in [0.25, 0.3) is 0 Å². The highest BCUT2D eigenvalue weighted by atomic mass is 28.4. The summed E-state index contributed by atoms with van der Waals surface area (Å²) in [7, 11) is -1.77. The average Bonchev–Trinajstić information content (AvgIpc) is 1.83. The lowest BCUT2D eigenvalue weighted by Crippen LogP contribution is -2.49. The van der Waals surface area contributed by atoms with Gasteiger partial charge in [-0.3, -0.25) is 0 Å². The summed E-state index contributed by atoms with van der Waals surface area (Å²) in [6.45, 7) is 9.34. The van der Waals surface area contributed by atoms with Crippen molar-refractivity contribution in [2.24, 2.45) is 0 Å². The van der Waals surface area contributed by atoms with Crippen LogP contribution in [0.3, 0.4) is 0 Å². The Balaban J connectivity index is 2.55. The van der Waals surface area contributed by atoms with Gasteiger partial charge in [0.2, 0.25) is 0 Å². The summed E-state index contributed by atoms with van der Waals surface area (Å²) in [4.78, 5) is 0. The standard InChI is InChI=1S/C9H20O2Si/c1-5-10-12(4)8-6-7-9(2,3)11-12/h5-8H2,1-4H3. The Bertz CT molecular complexity index is 155. The lowest BCUT2D eigenvalue weighted by atomic mass is 10.0. The predicted octanol–water partition coefficient (Wildman–Crippen LogP) is 2.68. The zero-order chi connectivity index (χ0) is 9.24. The lowest BCUT2D eigenvalue weighted by Gasteiger charge is -2.41. The van der Waals surface area contributed by atoms with Crippen LogP contribution in [0, 0.1) is 0 Å². The number of hydrogen-bond donors (Lipinski definition) is 0. The summed E-state index contributed by atoms with van der Waals surface area (Å²) in [5, 5.41) is 0. The van der Waals surface area contributed by atoms with Crippen LogP contribution in [0.2, 0.25) is 12.6 Å². The largest absolute Gasteiger partial charge is 0.395 e. The molecule has 0 radical (unpaired) electrons. The van der Waals surface area contributed by atoms with Crippen LogP contribution in [0.15, 0.2) is 0 Å². The molecule has 72 valence electrons. The van der Waals surface area contributed by atoms with Gasteiger partial charge >= 0.3 is 8.56 Å². The quantitative estimate of drug-likeness (QED) is 0.620. The summed E-state index contributed by atoms with van der Waals surface area (Å²) in [5.74, 6) is 0. The van der Waals surface area contributed by atoms with Crippen molar-refractivity contribution >= 4 is 8.56 Å². The van der Waals surface area contributed by atoms with Crippen molar-refractivity contribution < 1.29 is 8.85 Å². The molecule has 0 bridgehead atoms. The highest BCUT2D eigenvalue weighted by molar-refractivity contribution is 6.66. The van der Waals surface area contributed by atoms with E-state index in [-0.39, 0.29) is 5.60 Å². The molecule has 1 rings (SSSR count). The second-order valence-corrected chi connectivity index (χ2v) is 7.54. The summed E-state index contributed by atoms with van der Waals surface area (Å²) in [6.07, 6.45) is 2.43. The van der Waals surface area contributed by atoms with Crippen molar-refractivity contribution in [1.29, 1.82) is 0 Å². The minimum atomic E-state index is -1.77. The first-order valence-electron chi connectivity index (χ1n) is 4.82. The van der Waals surface area contributed by atoms with Crippen molar-refractivity contribution in [3.05, 3.63) is 0 Å². The molecule has 0 aliphatic carbocycles. The summed E-state index contributed by atoms with van der Waals surface area (Å²) < 4.78 is 11.7. The van der Waals surface area contributed by atoms with Crippen molar-refractivity contribution in [2.45, 2.75) is 51.8 Å². The molecule has 1 aliphatic rings. The van der Waals surface area contributed by atoms with Crippen LogP contribution in [0.5, 0.6) is 0 Å². The molecule has 1 unspecified atom stereocenters. The van der Waals surface area contributed by atoms with E-state index in [4.69, 9.17) is 8.85 Å². The Labute approximate surface area is 76.5 Å². The van der Waals surface area contributed by atoms with E-state index in [1.165, 1.54) is 12.8 Å². The smallest absolute Gasteiger partial charge is 0.335 e. The maximum Gasteiger partial charge on any atom is 0.335 e. The molecule has 0 N–H and O–H groups in total. The Morgan fingerprint density at radius 2 is 2.17 bits per heavy atom. The third kappa shape index (κ3) is 2.57. The fraction of sp³-hybridized carbons (Fsp3) is 1.00. The summed E-state index contributed by atoms with van der Waals surface area (Å²) in [5.41, 5.74) is 0.0500. The molecule has 0 saturated carbocycles. The molecule has 12 heavy (non-hydrogen) atoms. The summed E-state index contributed by atoms with van der Waals surface area (Å²) >= 11 is 0. The topological polar surface area (TPSA) is 18.5 Å². The third-order valence-electron chi connectivity index (χ3n) is 2.35. The minimum absolute atomic E-state index is 0.0500. The molecule has 1 saturated heterocycles. The fourth-order valence-corrected chi connectivity index (χ4v) is 4.93. The van der Waals surface area contributed by atoms with Gasteiger partial charge < -0.3 is 8.85 Å². The first kappa shape index (κ1) is 10.2. The Kier molecular flexibility index (Phi) is 2.96. The van der Waals surface area contributed by atoms with Gasteiger partial charge in [-0.15, -0.1) is 0 Å². The minimum Gasteiger partial charge on any atom is -0.395 e. The number of hydrogen-bond acceptors (Lipinski definition) is 2. The highest BCUT2D eigenvalue weighted by Crippen LogP contribution is 2.33. The molecule has 0 aromatic heterocycles. The van der Waals surface area contributed by atoms with Crippen molar-refractivity contribution in [2.75, 3.05) is 6.61 Å². The second kappa shape index (κ2) is 3.48. The predicted molar refractivity (Wildman–Crippen MR) is 52.4 cm³/mol. The molecule has 0 amide bonds. The Morgan fingerprint density at radius 1 is 1.50 bits per heavy atom. The molecular formula is C9H20O2Si. The van der Waals surface area contributed by atoms with Crippen LogP contribution in [0.25, 0.3) is 0 Å². The van der Waals surface area contributed by atoms with Gasteiger partial charge in [-0.2, -0.15) is 0 Å². The lowest BCUT2D eigenvalue weighted by molar-refractivity contribution is 0.0280. The first-order valence-corrected chi connectivity index (χ1v) is 7.34. The maximum atomic E-state index is 6.02. The van der Waals surface area contributed by atoms with Crippen LogP contribution in [0.4, 0.5) is 0 Å². The van der Waals surface area contributed by atoms with E-state index in [0.717, 1.165) is 12.7 Å². The van der Waals surface area contributed by atoms with Crippen LogP contribution in [-0.4, -0.2) is 20.8 Å². The van der Waals surface area contributed by atoms with E-state index < -0.39 is 8.56 Å². The highest BCUT2D eigenvalue weighted by Gasteiger charge is 2.41. The molecule has 2 nitrogen and oxygen atoms in total. The SMILES string of the molecule is CCO[Si]1(C)CCCC(C)(C)O1. The van der Waals surface area contributed by atoms with Gasteiger partial charge in [0.15, 0.2) is 0 Å². The molecule has 3 heteroatoms. The van der Waals surface area contributed by atoms with E-state index >= 15 is 0 Å². The van der Waals surface area contributed by atoms with Crippen LogP contribution in [0.1, 0.15) is 33.6 Å². The Hall–Kier alpha value is 0.137. The van der Waals surface area contributed by atoms with Crippen molar-refractivity contribution in [3.63, 3.8) is 0 Å². The molecule has 0 aromatic carbocycles. The molecule has 1 atom stereocenters. The van der Waals surface area contributed by atoms with Gasteiger partial charge in [0, 0.05) is 6.61 Å². The van der Waals surface area contributed by atoms with Gasteiger partial charge in [-0.1, -0.05) is 0 Å². The zero-order valence-corrected chi connectivity index (χ0v) is 9.64. The van der Waals surface area contributed by atoms with Gasteiger partial charge in [0.05, 0.1) is 5.60 Å². The van der Waals surface area contributed by atoms with Crippen LogP contribution in [-0.2, 0) is 8.85 Å². The Morgan fingerprint density at radius 3 is 2.67 bits per heavy atom. The molecule has 1 fully saturated rings.